The van der Waals surface area contributed by atoms with E-state index < -0.39 is 13.3 Å². The van der Waals surface area contributed by atoms with Gasteiger partial charge in [0.05, 0.1) is 5.58 Å². The van der Waals surface area contributed by atoms with Crippen LogP contribution in [-0.2, 0) is 26.5 Å². The Morgan fingerprint density at radius 2 is 1.46 bits per heavy atom. The molecular formula is C44H43FGeIrN2O-2. The molecule has 3 nitrogen and oxygen atoms in total. The van der Waals surface area contributed by atoms with Gasteiger partial charge in [0.25, 0.3) is 0 Å². The summed E-state index contributed by atoms with van der Waals surface area (Å²) in [6.45, 7) is 11.0. The molecule has 0 saturated heterocycles. The van der Waals surface area contributed by atoms with Crippen molar-refractivity contribution in [2.45, 2.75) is 58.3 Å². The molecule has 3 heterocycles. The van der Waals surface area contributed by atoms with Crippen LogP contribution in [0.4, 0.5) is 4.39 Å². The van der Waals surface area contributed by atoms with E-state index >= 15 is 4.39 Å². The molecule has 1 radical (unpaired) electrons. The van der Waals surface area contributed by atoms with E-state index in [-0.39, 0.29) is 31.3 Å². The summed E-state index contributed by atoms with van der Waals surface area (Å²) in [5.74, 6) is 6.94. The van der Waals surface area contributed by atoms with Gasteiger partial charge in [0.2, 0.25) is 0 Å². The second kappa shape index (κ2) is 15.1. The number of hydrogen-bond donors (Lipinski definition) is 0. The predicted molar refractivity (Wildman–Crippen MR) is 205 cm³/mol. The van der Waals surface area contributed by atoms with Gasteiger partial charge in [-0.25, -0.2) is 4.39 Å². The maximum absolute atomic E-state index is 15.0. The van der Waals surface area contributed by atoms with Gasteiger partial charge in [0.15, 0.2) is 0 Å². The van der Waals surface area contributed by atoms with Crippen LogP contribution >= 0.6 is 0 Å². The molecule has 0 aliphatic rings. The molecule has 0 bridgehead atoms. The number of aromatic nitrogens is 2. The van der Waals surface area contributed by atoms with Gasteiger partial charge in [-0.3, -0.25) is 0 Å². The van der Waals surface area contributed by atoms with Crippen LogP contribution in [0.3, 0.4) is 0 Å². The van der Waals surface area contributed by atoms with Crippen molar-refractivity contribution in [1.82, 2.24) is 9.97 Å². The van der Waals surface area contributed by atoms with E-state index in [2.05, 4.69) is 98.4 Å². The zero-order valence-corrected chi connectivity index (χ0v) is 34.5. The number of rotatable bonds is 5. The summed E-state index contributed by atoms with van der Waals surface area (Å²) in [6, 6.07) is 35.5. The van der Waals surface area contributed by atoms with E-state index in [1.807, 2.05) is 66.9 Å². The SMILES string of the molecule is Cc1cc(-c2[c-]cccc2)nc[c]1[Ge]([CH3])([CH3])[CH3].Cc1cnc(-c2[c-]cc3oc4ccc(F)c(-c5ccccc5)c4c3c2)cc1CC(C)(C)C.[Ir]. The fraction of sp³-hybridized carbons (Fsp3) is 0.227. The normalized spacial score (nSPS) is 11.6. The molecule has 0 fully saturated rings. The number of furan rings is 1. The van der Waals surface area contributed by atoms with Crippen molar-refractivity contribution in [3.8, 4) is 33.6 Å². The number of fused-ring (bicyclic) bond motifs is 3. The molecule has 3 aromatic heterocycles. The van der Waals surface area contributed by atoms with Crippen molar-refractivity contribution in [3.05, 3.63) is 138 Å². The monoisotopic (exact) mass is 901 g/mol. The summed E-state index contributed by atoms with van der Waals surface area (Å²) in [4.78, 5) is 9.26. The maximum Gasteiger partial charge on any atom is 0.131 e. The van der Waals surface area contributed by atoms with E-state index in [0.29, 0.717) is 16.7 Å². The molecular weight excluding hydrogens is 856 g/mol. The zero-order chi connectivity index (χ0) is 34.9. The van der Waals surface area contributed by atoms with E-state index in [1.165, 1.54) is 27.2 Å². The van der Waals surface area contributed by atoms with Crippen LogP contribution in [0.1, 0.15) is 37.5 Å². The minimum atomic E-state index is -1.77. The van der Waals surface area contributed by atoms with Crippen molar-refractivity contribution in [2.24, 2.45) is 5.41 Å². The number of pyridine rings is 2. The standard InChI is InChI=1S/C29H25FNO.C15H18GeN.Ir/c1-18-17-31-24(15-21(18)16-29(2,3)4)20-10-12-25-22(14-20)28-26(32-25)13-11-23(30)27(28)19-8-6-5-7-9-19;1-12-10-15(13-8-6-5-7-9-13)17-11-14(12)16(2,3)4;/h5-9,11-15,17H,16H2,1-4H3;5-8,10-11H,1-4H3;/q2*-1;. The van der Waals surface area contributed by atoms with Crippen LogP contribution in [0.15, 0.2) is 108 Å². The summed E-state index contributed by atoms with van der Waals surface area (Å²) in [5.41, 5.74) is 10.6. The zero-order valence-electron chi connectivity index (χ0n) is 30.0. The molecule has 0 aliphatic carbocycles. The average molecular weight is 900 g/mol. The second-order valence-electron chi connectivity index (χ2n) is 15.0. The first kappa shape index (κ1) is 37.4. The molecule has 0 atom stereocenters. The van der Waals surface area contributed by atoms with Crippen molar-refractivity contribution in [1.29, 1.82) is 0 Å². The summed E-state index contributed by atoms with van der Waals surface area (Å²) in [7, 11) is 0. The fourth-order valence-corrected chi connectivity index (χ4v) is 9.92. The fourth-order valence-electron chi connectivity index (χ4n) is 6.34. The Labute approximate surface area is 312 Å². The third kappa shape index (κ3) is 8.34. The Bertz CT molecular complexity index is 2250. The predicted octanol–water partition coefficient (Wildman–Crippen LogP) is 11.6. The van der Waals surface area contributed by atoms with Gasteiger partial charge in [0.1, 0.15) is 11.4 Å². The molecule has 7 rings (SSSR count). The summed E-state index contributed by atoms with van der Waals surface area (Å²) in [5, 5.41) is 1.65. The Morgan fingerprint density at radius 1 is 0.760 bits per heavy atom. The Morgan fingerprint density at radius 3 is 2.12 bits per heavy atom. The van der Waals surface area contributed by atoms with Gasteiger partial charge in [0, 0.05) is 37.3 Å². The van der Waals surface area contributed by atoms with Crippen LogP contribution in [0.25, 0.3) is 55.6 Å². The van der Waals surface area contributed by atoms with Gasteiger partial charge >= 0.3 is 106 Å². The summed E-state index contributed by atoms with van der Waals surface area (Å²) >= 11 is -1.77. The van der Waals surface area contributed by atoms with E-state index in [4.69, 9.17) is 4.42 Å². The van der Waals surface area contributed by atoms with Crippen LogP contribution in [0.2, 0.25) is 17.3 Å². The molecule has 0 N–H and O–H groups in total. The topological polar surface area (TPSA) is 38.9 Å². The quantitative estimate of drug-likeness (QED) is 0.128. The molecule has 0 amide bonds. The van der Waals surface area contributed by atoms with Crippen molar-refractivity contribution < 1.29 is 28.9 Å². The van der Waals surface area contributed by atoms with E-state index in [9.17, 15) is 0 Å². The van der Waals surface area contributed by atoms with Gasteiger partial charge in [-0.05, 0) is 47.7 Å². The molecule has 0 saturated carbocycles. The third-order valence-corrected chi connectivity index (χ3v) is 13.2. The molecule has 0 aliphatic heterocycles. The summed E-state index contributed by atoms with van der Waals surface area (Å²) < 4.78 is 22.6. The molecule has 0 spiro atoms. The van der Waals surface area contributed by atoms with Crippen LogP contribution < -0.4 is 4.40 Å². The molecule has 0 unspecified atom stereocenters. The van der Waals surface area contributed by atoms with E-state index in [0.717, 1.165) is 45.3 Å². The molecule has 4 aromatic carbocycles. The van der Waals surface area contributed by atoms with Crippen molar-refractivity contribution in [3.63, 3.8) is 0 Å². The number of hydrogen-bond acceptors (Lipinski definition) is 3. The van der Waals surface area contributed by atoms with E-state index in [1.54, 1.807) is 6.07 Å². The number of aryl methyl sites for hydroxylation is 2. The second-order valence-corrected chi connectivity index (χ2v) is 25.6. The van der Waals surface area contributed by atoms with Crippen LogP contribution in [-0.4, -0.2) is 23.2 Å². The van der Waals surface area contributed by atoms with Crippen molar-refractivity contribution >= 4 is 39.6 Å². The molecule has 7 aromatic rings. The number of benzene rings is 4. The van der Waals surface area contributed by atoms with Gasteiger partial charge in [-0.2, -0.15) is 0 Å². The molecule has 6 heteroatoms. The largest absolute Gasteiger partial charge is 0.500 e. The average Bonchev–Trinajstić information content (AvgIpc) is 3.43. The number of halogens is 1. The van der Waals surface area contributed by atoms with Crippen molar-refractivity contribution in [2.75, 3.05) is 0 Å². The van der Waals surface area contributed by atoms with Crippen LogP contribution in [0, 0.1) is 37.2 Å². The van der Waals surface area contributed by atoms with Crippen LogP contribution in [0.5, 0.6) is 0 Å². The molecule has 257 valence electrons. The maximum atomic E-state index is 15.0. The van der Waals surface area contributed by atoms with Gasteiger partial charge < -0.3 is 9.40 Å². The minimum Gasteiger partial charge on any atom is -0.500 e. The first-order valence-corrected chi connectivity index (χ1v) is 24.1. The minimum absolute atomic E-state index is 0. The first-order chi connectivity index (χ1) is 23.3. The number of nitrogens with zero attached hydrogens (tertiary/aromatic N) is 2. The smallest absolute Gasteiger partial charge is 0.131 e. The van der Waals surface area contributed by atoms with Gasteiger partial charge in [-0.15, -0.1) is 23.8 Å². The Balaban J connectivity index is 0.000000229. The Hall–Kier alpha value is -3.90. The summed E-state index contributed by atoms with van der Waals surface area (Å²) in [6.07, 6.45) is 4.97. The third-order valence-electron chi connectivity index (χ3n) is 8.70. The first-order valence-electron chi connectivity index (χ1n) is 16.8. The van der Waals surface area contributed by atoms with Gasteiger partial charge in [-0.1, -0.05) is 68.1 Å². The molecule has 50 heavy (non-hydrogen) atoms. The Kier molecular flexibility index (Phi) is 11.3.